The lowest BCUT2D eigenvalue weighted by atomic mass is 9.89. The van der Waals surface area contributed by atoms with Crippen molar-refractivity contribution in [2.45, 2.75) is 5.92 Å². The van der Waals surface area contributed by atoms with E-state index in [2.05, 4.69) is 41.4 Å². The highest BCUT2D eigenvalue weighted by molar-refractivity contribution is 6.34. The van der Waals surface area contributed by atoms with Gasteiger partial charge in [0.25, 0.3) is 5.91 Å². The van der Waals surface area contributed by atoms with Crippen molar-refractivity contribution in [3.63, 3.8) is 0 Å². The fraction of sp³-hybridized carbons (Fsp3) is 0.0333. The molecule has 2 nitrogen and oxygen atoms in total. The Morgan fingerprint density at radius 3 is 2.09 bits per heavy atom. The molecule has 5 rings (SSSR count). The van der Waals surface area contributed by atoms with Crippen LogP contribution in [0.4, 0.5) is 5.69 Å². The number of carbonyl (C=O) groups is 1. The monoisotopic (exact) mass is 411 g/mol. The Bertz CT molecular complexity index is 1340. The molecule has 1 aliphatic rings. The van der Waals surface area contributed by atoms with Gasteiger partial charge in [0.15, 0.2) is 0 Å². The molecule has 0 saturated carbocycles. The summed E-state index contributed by atoms with van der Waals surface area (Å²) in [5.41, 5.74) is 6.60. The van der Waals surface area contributed by atoms with Crippen molar-refractivity contribution in [2.75, 3.05) is 5.32 Å². The lowest BCUT2D eigenvalue weighted by Crippen LogP contribution is -2.03. The van der Waals surface area contributed by atoms with Gasteiger partial charge in [0.05, 0.1) is 5.92 Å². The molecule has 0 bridgehead atoms. The van der Waals surface area contributed by atoms with E-state index in [4.69, 9.17) is 0 Å². The summed E-state index contributed by atoms with van der Waals surface area (Å²) in [6.45, 7) is 0. The zero-order valence-electron chi connectivity index (χ0n) is 17.5. The van der Waals surface area contributed by atoms with Gasteiger partial charge < -0.3 is 5.32 Å². The number of hydrogen-bond acceptors (Lipinski definition) is 1. The van der Waals surface area contributed by atoms with E-state index in [1.54, 1.807) is 0 Å². The number of amides is 1. The van der Waals surface area contributed by atoms with Gasteiger partial charge in [-0.1, -0.05) is 96.8 Å². The van der Waals surface area contributed by atoms with Gasteiger partial charge in [0.2, 0.25) is 0 Å². The van der Waals surface area contributed by atoms with E-state index in [9.17, 15) is 4.79 Å². The fourth-order valence-corrected chi connectivity index (χ4v) is 3.93. The normalized spacial score (nSPS) is 14.2. The summed E-state index contributed by atoms with van der Waals surface area (Å²) in [5, 5.41) is 2.99. The van der Waals surface area contributed by atoms with Gasteiger partial charge in [-0.05, 0) is 47.0 Å². The second-order valence-corrected chi connectivity index (χ2v) is 7.71. The Labute approximate surface area is 188 Å². The number of benzene rings is 4. The van der Waals surface area contributed by atoms with Crippen LogP contribution >= 0.6 is 0 Å². The molecule has 1 atom stereocenters. The first kappa shape index (κ1) is 19.6. The average Bonchev–Trinajstić information content (AvgIpc) is 3.16. The summed E-state index contributed by atoms with van der Waals surface area (Å²) in [5.74, 6) is 6.61. The first-order chi connectivity index (χ1) is 15.8. The average molecular weight is 412 g/mol. The first-order valence-corrected chi connectivity index (χ1v) is 10.6. The highest BCUT2D eigenvalue weighted by Gasteiger charge is 2.25. The van der Waals surface area contributed by atoms with Crippen LogP contribution in [0.25, 0.3) is 11.6 Å². The Hall–Kier alpha value is -4.35. The summed E-state index contributed by atoms with van der Waals surface area (Å²) in [6.07, 6.45) is 1.94. The van der Waals surface area contributed by atoms with Crippen LogP contribution in [0.2, 0.25) is 0 Å². The summed E-state index contributed by atoms with van der Waals surface area (Å²) in [7, 11) is 0. The van der Waals surface area contributed by atoms with Crippen LogP contribution in [0.5, 0.6) is 0 Å². The Morgan fingerprint density at radius 2 is 1.38 bits per heavy atom. The minimum Gasteiger partial charge on any atom is -0.321 e. The molecular formula is C30H21NO. The smallest absolute Gasteiger partial charge is 0.256 e. The van der Waals surface area contributed by atoms with Crippen LogP contribution in [-0.4, -0.2) is 5.91 Å². The van der Waals surface area contributed by atoms with Crippen LogP contribution in [0.3, 0.4) is 0 Å². The van der Waals surface area contributed by atoms with E-state index in [1.165, 1.54) is 0 Å². The molecular weight excluding hydrogens is 390 g/mol. The van der Waals surface area contributed by atoms with Crippen molar-refractivity contribution >= 4 is 23.2 Å². The van der Waals surface area contributed by atoms with Crippen LogP contribution in [0.1, 0.15) is 33.7 Å². The summed E-state index contributed by atoms with van der Waals surface area (Å²) >= 11 is 0. The molecule has 152 valence electrons. The largest absolute Gasteiger partial charge is 0.321 e. The fourth-order valence-electron chi connectivity index (χ4n) is 3.93. The summed E-state index contributed by atoms with van der Waals surface area (Å²) in [6, 6.07) is 36.3. The van der Waals surface area contributed by atoms with Gasteiger partial charge in [-0.15, -0.1) is 0 Å². The Kier molecular flexibility index (Phi) is 5.39. The van der Waals surface area contributed by atoms with Crippen molar-refractivity contribution in [3.05, 3.63) is 137 Å². The highest BCUT2D eigenvalue weighted by Crippen LogP contribution is 2.36. The Morgan fingerprint density at radius 1 is 0.719 bits per heavy atom. The summed E-state index contributed by atoms with van der Waals surface area (Å²) in [4.78, 5) is 12.7. The van der Waals surface area contributed by atoms with E-state index < -0.39 is 0 Å². The molecule has 0 radical (unpaired) electrons. The van der Waals surface area contributed by atoms with Crippen LogP contribution in [0, 0.1) is 11.8 Å². The molecule has 1 heterocycles. The topological polar surface area (TPSA) is 29.1 Å². The molecule has 0 aliphatic carbocycles. The summed E-state index contributed by atoms with van der Waals surface area (Å²) < 4.78 is 0. The third-order valence-corrected chi connectivity index (χ3v) is 5.54. The predicted molar refractivity (Wildman–Crippen MR) is 131 cm³/mol. The third kappa shape index (κ3) is 4.10. The third-order valence-electron chi connectivity index (χ3n) is 5.54. The minimum absolute atomic E-state index is 0.0763. The number of hydrogen-bond donors (Lipinski definition) is 1. The van der Waals surface area contributed by atoms with Gasteiger partial charge >= 0.3 is 0 Å². The van der Waals surface area contributed by atoms with E-state index in [0.29, 0.717) is 5.57 Å². The van der Waals surface area contributed by atoms with Crippen LogP contribution in [-0.2, 0) is 4.79 Å². The van der Waals surface area contributed by atoms with E-state index in [1.807, 2.05) is 91.0 Å². The number of carbonyl (C=O) groups excluding carboxylic acids is 1. The second kappa shape index (κ2) is 8.79. The van der Waals surface area contributed by atoms with Gasteiger partial charge in [-0.25, -0.2) is 0 Å². The molecule has 0 spiro atoms. The molecule has 1 N–H and O–H groups in total. The SMILES string of the molecule is O=C1Nc2ccc(C(C#Cc3ccccc3)c3ccccc3)cc2/C1=C/c1ccccc1. The lowest BCUT2D eigenvalue weighted by molar-refractivity contribution is -0.110. The van der Waals surface area contributed by atoms with Crippen molar-refractivity contribution in [1.82, 2.24) is 0 Å². The number of nitrogens with one attached hydrogen (secondary N) is 1. The maximum absolute atomic E-state index is 12.7. The van der Waals surface area contributed by atoms with Crippen molar-refractivity contribution in [1.29, 1.82) is 0 Å². The number of fused-ring (bicyclic) bond motifs is 1. The number of anilines is 1. The van der Waals surface area contributed by atoms with Crippen LogP contribution in [0.15, 0.2) is 109 Å². The van der Waals surface area contributed by atoms with Crippen molar-refractivity contribution in [2.24, 2.45) is 0 Å². The molecule has 4 aromatic carbocycles. The number of rotatable bonds is 3. The van der Waals surface area contributed by atoms with E-state index in [0.717, 1.165) is 33.5 Å². The standard InChI is InChI=1S/C30H21NO/c32-30-28(20-23-12-6-2-7-13-23)27-21-25(17-19-29(27)31-30)26(24-14-8-3-9-15-24)18-16-22-10-4-1-5-11-22/h1-15,17,19-21,26H,(H,31,32)/b28-20-. The van der Waals surface area contributed by atoms with Crippen molar-refractivity contribution < 1.29 is 4.79 Å². The predicted octanol–water partition coefficient (Wildman–Crippen LogP) is 6.36. The minimum atomic E-state index is -0.101. The molecule has 32 heavy (non-hydrogen) atoms. The quantitative estimate of drug-likeness (QED) is 0.308. The van der Waals surface area contributed by atoms with E-state index >= 15 is 0 Å². The molecule has 1 amide bonds. The molecule has 4 aromatic rings. The van der Waals surface area contributed by atoms with Gasteiger partial charge in [0.1, 0.15) is 0 Å². The maximum atomic E-state index is 12.7. The lowest BCUT2D eigenvalue weighted by Gasteiger charge is -2.13. The zero-order valence-corrected chi connectivity index (χ0v) is 17.5. The highest BCUT2D eigenvalue weighted by atomic mass is 16.2. The van der Waals surface area contributed by atoms with Gasteiger partial charge in [-0.3, -0.25) is 4.79 Å². The molecule has 0 fully saturated rings. The van der Waals surface area contributed by atoms with Gasteiger partial charge in [0, 0.05) is 22.4 Å². The molecule has 0 aromatic heterocycles. The molecule has 1 aliphatic heterocycles. The second-order valence-electron chi connectivity index (χ2n) is 7.71. The molecule has 1 unspecified atom stereocenters. The van der Waals surface area contributed by atoms with Crippen molar-refractivity contribution in [3.8, 4) is 11.8 Å². The zero-order chi connectivity index (χ0) is 21.8. The molecule has 2 heteroatoms. The Balaban J connectivity index is 1.59. The molecule has 0 saturated heterocycles. The first-order valence-electron chi connectivity index (χ1n) is 10.6. The van der Waals surface area contributed by atoms with Crippen LogP contribution < -0.4 is 5.32 Å². The maximum Gasteiger partial charge on any atom is 0.256 e. The van der Waals surface area contributed by atoms with E-state index in [-0.39, 0.29) is 11.8 Å². The van der Waals surface area contributed by atoms with Gasteiger partial charge in [-0.2, -0.15) is 0 Å².